The van der Waals surface area contributed by atoms with Crippen LogP contribution in [-0.2, 0) is 0 Å². The molecule has 6 heteroatoms. The quantitative estimate of drug-likeness (QED) is 0.879. The monoisotopic (exact) mass is 245 g/mol. The smallest absolute Gasteiger partial charge is 0.187 e. The molecule has 0 saturated carbocycles. The van der Waals surface area contributed by atoms with Gasteiger partial charge in [0.2, 0.25) is 0 Å². The molecule has 72 valence electrons. The maximum Gasteiger partial charge on any atom is 0.187 e. The first kappa shape index (κ1) is 9.71. The predicted octanol–water partition coefficient (Wildman–Crippen LogP) is 3.59. The Morgan fingerprint density at radius 2 is 1.79 bits per heavy atom. The van der Waals surface area contributed by atoms with Crippen molar-refractivity contribution in [2.45, 2.75) is 0 Å². The molecule has 0 bridgehead atoms. The Kier molecular flexibility index (Phi) is 2.86. The zero-order valence-electron chi connectivity index (χ0n) is 6.87. The molecule has 0 saturated heterocycles. The Labute approximate surface area is 95.0 Å². The van der Waals surface area contributed by atoms with Crippen LogP contribution >= 0.6 is 34.9 Å². The van der Waals surface area contributed by atoms with E-state index >= 15 is 0 Å². The molecule has 1 heterocycles. The summed E-state index contributed by atoms with van der Waals surface area (Å²) in [6.45, 7) is 0. The van der Waals surface area contributed by atoms with Gasteiger partial charge in [-0.25, -0.2) is 0 Å². The third-order valence-corrected chi connectivity index (χ3v) is 2.70. The Morgan fingerprint density at radius 3 is 2.36 bits per heavy atom. The maximum absolute atomic E-state index is 5.77. The fourth-order valence-electron chi connectivity index (χ4n) is 0.922. The summed E-state index contributed by atoms with van der Waals surface area (Å²) < 4.78 is 7.83. The topological polar surface area (TPSA) is 37.8 Å². The molecular formula is C8H5Cl2N3S. The zero-order valence-corrected chi connectivity index (χ0v) is 9.20. The molecule has 0 unspecified atom stereocenters. The van der Waals surface area contributed by atoms with E-state index in [0.717, 1.165) is 17.4 Å². The van der Waals surface area contributed by atoms with Gasteiger partial charge in [-0.2, -0.15) is 8.75 Å². The number of benzene rings is 1. The molecule has 3 nitrogen and oxygen atoms in total. The minimum Gasteiger partial charge on any atom is -0.337 e. The SMILES string of the molecule is Clc1ccc(Nc2nsnc2Cl)cc1. The summed E-state index contributed by atoms with van der Waals surface area (Å²) in [6.07, 6.45) is 0. The van der Waals surface area contributed by atoms with Crippen molar-refractivity contribution in [1.29, 1.82) is 0 Å². The molecule has 0 amide bonds. The highest BCUT2D eigenvalue weighted by Crippen LogP contribution is 2.23. The number of aromatic nitrogens is 2. The van der Waals surface area contributed by atoms with Crippen LogP contribution in [0, 0.1) is 0 Å². The standard InChI is InChI=1S/C8H5Cl2N3S/c9-5-1-3-6(4-2-5)11-8-7(10)12-14-13-8/h1-4H,(H,11,13). The highest BCUT2D eigenvalue weighted by Gasteiger charge is 2.04. The van der Waals surface area contributed by atoms with E-state index in [1.807, 2.05) is 12.1 Å². The van der Waals surface area contributed by atoms with Gasteiger partial charge in [0.25, 0.3) is 0 Å². The number of halogens is 2. The summed E-state index contributed by atoms with van der Waals surface area (Å²) in [5.74, 6) is 0.569. The first-order chi connectivity index (χ1) is 6.75. The van der Waals surface area contributed by atoms with Crippen molar-refractivity contribution in [2.75, 3.05) is 5.32 Å². The fourth-order valence-corrected chi connectivity index (χ4v) is 1.69. The van der Waals surface area contributed by atoms with E-state index in [4.69, 9.17) is 23.2 Å². The lowest BCUT2D eigenvalue weighted by Crippen LogP contribution is -1.89. The molecule has 1 aromatic heterocycles. The third kappa shape index (κ3) is 2.15. The summed E-state index contributed by atoms with van der Waals surface area (Å²) in [5, 5.41) is 4.10. The van der Waals surface area contributed by atoms with Crippen molar-refractivity contribution < 1.29 is 0 Å². The molecule has 0 fully saturated rings. The number of nitrogens with zero attached hydrogens (tertiary/aromatic N) is 2. The summed E-state index contributed by atoms with van der Waals surface area (Å²) in [7, 11) is 0. The summed E-state index contributed by atoms with van der Waals surface area (Å²) in [5.41, 5.74) is 0.879. The van der Waals surface area contributed by atoms with Gasteiger partial charge in [0.05, 0.1) is 11.7 Å². The number of rotatable bonds is 2. The molecule has 0 radical (unpaired) electrons. The minimum atomic E-state index is 0.380. The van der Waals surface area contributed by atoms with Crippen LogP contribution in [0.1, 0.15) is 0 Å². The second-order valence-electron chi connectivity index (χ2n) is 2.54. The molecule has 1 N–H and O–H groups in total. The molecule has 14 heavy (non-hydrogen) atoms. The molecule has 0 aliphatic heterocycles. The molecule has 0 aliphatic rings. The number of hydrogen-bond acceptors (Lipinski definition) is 4. The van der Waals surface area contributed by atoms with E-state index in [1.54, 1.807) is 12.1 Å². The average molecular weight is 246 g/mol. The van der Waals surface area contributed by atoms with Crippen LogP contribution in [-0.4, -0.2) is 8.75 Å². The molecule has 2 rings (SSSR count). The second kappa shape index (κ2) is 4.13. The van der Waals surface area contributed by atoms with E-state index in [1.165, 1.54) is 0 Å². The minimum absolute atomic E-state index is 0.380. The van der Waals surface area contributed by atoms with Gasteiger partial charge in [0.15, 0.2) is 11.0 Å². The van der Waals surface area contributed by atoms with E-state index in [9.17, 15) is 0 Å². The van der Waals surface area contributed by atoms with E-state index in [2.05, 4.69) is 14.1 Å². The molecule has 2 aromatic rings. The van der Waals surface area contributed by atoms with Gasteiger partial charge in [-0.1, -0.05) is 23.2 Å². The Bertz CT molecular complexity index is 426. The Morgan fingerprint density at radius 1 is 1.07 bits per heavy atom. The van der Waals surface area contributed by atoms with Crippen LogP contribution in [0.4, 0.5) is 11.5 Å². The van der Waals surface area contributed by atoms with E-state index < -0.39 is 0 Å². The lowest BCUT2D eigenvalue weighted by atomic mass is 10.3. The first-order valence-corrected chi connectivity index (χ1v) is 5.25. The van der Waals surface area contributed by atoms with Crippen LogP contribution in [0.5, 0.6) is 0 Å². The highest BCUT2D eigenvalue weighted by molar-refractivity contribution is 6.99. The van der Waals surface area contributed by atoms with Crippen molar-refractivity contribution in [2.24, 2.45) is 0 Å². The molecule has 0 aliphatic carbocycles. The van der Waals surface area contributed by atoms with Crippen LogP contribution in [0.15, 0.2) is 24.3 Å². The van der Waals surface area contributed by atoms with Gasteiger partial charge in [-0.3, -0.25) is 0 Å². The van der Waals surface area contributed by atoms with Crippen molar-refractivity contribution >= 4 is 46.4 Å². The molecule has 1 aromatic carbocycles. The number of nitrogens with one attached hydrogen (secondary N) is 1. The Hall–Kier alpha value is -0.840. The van der Waals surface area contributed by atoms with Gasteiger partial charge >= 0.3 is 0 Å². The summed E-state index contributed by atoms with van der Waals surface area (Å²) in [4.78, 5) is 0. The Balaban J connectivity index is 2.19. The zero-order chi connectivity index (χ0) is 9.97. The average Bonchev–Trinajstić information content (AvgIpc) is 2.56. The lowest BCUT2D eigenvalue weighted by molar-refractivity contribution is 1.45. The molecular weight excluding hydrogens is 241 g/mol. The number of anilines is 2. The van der Waals surface area contributed by atoms with Crippen molar-refractivity contribution in [3.63, 3.8) is 0 Å². The number of hydrogen-bond donors (Lipinski definition) is 1. The van der Waals surface area contributed by atoms with Crippen LogP contribution in [0.25, 0.3) is 0 Å². The highest BCUT2D eigenvalue weighted by atomic mass is 35.5. The van der Waals surface area contributed by atoms with Gasteiger partial charge in [0.1, 0.15) is 0 Å². The lowest BCUT2D eigenvalue weighted by Gasteiger charge is -2.01. The largest absolute Gasteiger partial charge is 0.337 e. The predicted molar refractivity (Wildman–Crippen MR) is 59.7 cm³/mol. The fraction of sp³-hybridized carbons (Fsp3) is 0. The second-order valence-corrected chi connectivity index (χ2v) is 3.86. The summed E-state index contributed by atoms with van der Waals surface area (Å²) in [6, 6.07) is 7.27. The third-order valence-electron chi connectivity index (χ3n) is 1.56. The van der Waals surface area contributed by atoms with Gasteiger partial charge in [-0.05, 0) is 24.3 Å². The van der Waals surface area contributed by atoms with Crippen LogP contribution in [0.3, 0.4) is 0 Å². The van der Waals surface area contributed by atoms with E-state index in [0.29, 0.717) is 16.0 Å². The van der Waals surface area contributed by atoms with Crippen LogP contribution < -0.4 is 5.32 Å². The maximum atomic E-state index is 5.77. The van der Waals surface area contributed by atoms with Crippen molar-refractivity contribution in [3.05, 3.63) is 34.4 Å². The normalized spacial score (nSPS) is 10.1. The van der Waals surface area contributed by atoms with Gasteiger partial charge in [0, 0.05) is 10.7 Å². The molecule has 0 spiro atoms. The first-order valence-electron chi connectivity index (χ1n) is 3.76. The molecule has 0 atom stereocenters. The van der Waals surface area contributed by atoms with E-state index in [-0.39, 0.29) is 0 Å². The van der Waals surface area contributed by atoms with Crippen molar-refractivity contribution in [3.8, 4) is 0 Å². The van der Waals surface area contributed by atoms with Crippen LogP contribution in [0.2, 0.25) is 10.2 Å². The summed E-state index contributed by atoms with van der Waals surface area (Å²) >= 11 is 12.6. The van der Waals surface area contributed by atoms with Gasteiger partial charge < -0.3 is 5.32 Å². The van der Waals surface area contributed by atoms with Gasteiger partial charge in [-0.15, -0.1) is 0 Å². The van der Waals surface area contributed by atoms with Crippen molar-refractivity contribution in [1.82, 2.24) is 8.75 Å².